The van der Waals surface area contributed by atoms with Gasteiger partial charge in [0.15, 0.2) is 0 Å². The molecule has 0 aromatic heterocycles. The van der Waals surface area contributed by atoms with Crippen molar-refractivity contribution in [3.8, 4) is 0 Å². The van der Waals surface area contributed by atoms with E-state index in [-0.39, 0.29) is 30.5 Å². The van der Waals surface area contributed by atoms with Gasteiger partial charge in [-0.05, 0) is 274 Å². The minimum atomic E-state index is -0.818. The smallest absolute Gasteiger partial charge is 0.438 e. The zero-order valence-electron chi connectivity index (χ0n) is 84.5. The number of aliphatic hydroxyl groups is 5. The predicted molar refractivity (Wildman–Crippen MR) is 534 cm³/mol. The Bertz CT molecular complexity index is 3880. The van der Waals surface area contributed by atoms with Gasteiger partial charge in [0.1, 0.15) is 30.5 Å². The number of unbranched alkanes of at least 4 members (excludes halogenated alkanes) is 22. The average Bonchev–Trinajstić information content (AvgIpc) is 0.827. The van der Waals surface area contributed by atoms with Gasteiger partial charge in [-0.3, -0.25) is 0 Å². The highest BCUT2D eigenvalue weighted by molar-refractivity contribution is 5.61. The lowest BCUT2D eigenvalue weighted by Crippen LogP contribution is -2.35. The van der Waals surface area contributed by atoms with Crippen LogP contribution < -0.4 is 0 Å². The summed E-state index contributed by atoms with van der Waals surface area (Å²) in [6.07, 6.45) is 50.8. The van der Waals surface area contributed by atoms with Crippen molar-refractivity contribution in [2.24, 2.45) is 0 Å². The summed E-state index contributed by atoms with van der Waals surface area (Å²) in [4.78, 5) is 57.8. The maximum Gasteiger partial charge on any atom is 0.508 e. The van der Waals surface area contributed by atoms with E-state index in [1.165, 1.54) is 195 Å². The molecule has 5 fully saturated rings. The second-order valence-electron chi connectivity index (χ2n) is 38.7. The van der Waals surface area contributed by atoms with Gasteiger partial charge in [0.2, 0.25) is 0 Å². The van der Waals surface area contributed by atoms with Gasteiger partial charge in [-0.1, -0.05) is 318 Å². The number of methoxy groups -OCH3 is 1. The van der Waals surface area contributed by atoms with Crippen molar-refractivity contribution in [2.75, 3.05) is 33.5 Å². The number of rotatable bonds is 49. The van der Waals surface area contributed by atoms with Crippen molar-refractivity contribution in [3.05, 3.63) is 177 Å². The van der Waals surface area contributed by atoms with Crippen LogP contribution in [0.3, 0.4) is 0 Å². The molecule has 0 spiro atoms. The van der Waals surface area contributed by atoms with E-state index in [9.17, 15) is 49.5 Å². The SMILES string of the molecule is CCCCCCCCOC(=O)OC1CCC(O)(c2ccc(CCCCCCC)cc2)CC1.CCCCCCc1ccc(C2(O)CCC(OC(=O)OC)CC2)cc1.CCCCCCc1ccc(C2(O)CCC(OC(=O)OCC)CC2)cc1.CCCCCCc1ccc(C2(O)CCC(OC(=O)OCCC)CC2)cc1.CCCCCCc1ccc(C2(O)CCC(OC(=O)OCCCC)CC2)cc1. The summed E-state index contributed by atoms with van der Waals surface area (Å²) >= 11 is 0. The molecule has 10 rings (SSSR count). The van der Waals surface area contributed by atoms with E-state index >= 15 is 0 Å². The number of ether oxygens (including phenoxy) is 10. The van der Waals surface area contributed by atoms with Crippen LogP contribution in [0.1, 0.15) is 439 Å². The van der Waals surface area contributed by atoms with E-state index in [0.717, 1.165) is 92.0 Å². The third kappa shape index (κ3) is 44.4. The summed E-state index contributed by atoms with van der Waals surface area (Å²) in [5.41, 5.74) is 7.50. The number of hydrogen-bond acceptors (Lipinski definition) is 20. The quantitative estimate of drug-likeness (QED) is 0.0137. The molecule has 754 valence electrons. The van der Waals surface area contributed by atoms with E-state index in [1.807, 2.05) is 6.92 Å². The highest BCUT2D eigenvalue weighted by atomic mass is 16.7. The van der Waals surface area contributed by atoms with Crippen LogP contribution >= 0.6 is 0 Å². The minimum absolute atomic E-state index is 0.155. The molecule has 20 nitrogen and oxygen atoms in total. The molecule has 5 saturated carbocycles. The van der Waals surface area contributed by atoms with Gasteiger partial charge in [0, 0.05) is 0 Å². The minimum Gasteiger partial charge on any atom is -0.438 e. The number of hydrogen-bond donors (Lipinski definition) is 5. The van der Waals surface area contributed by atoms with E-state index < -0.39 is 58.8 Å². The Balaban J connectivity index is 0.000000258. The van der Waals surface area contributed by atoms with Gasteiger partial charge in [0.25, 0.3) is 0 Å². The Morgan fingerprint density at radius 1 is 0.231 bits per heavy atom. The highest BCUT2D eigenvalue weighted by Crippen LogP contribution is 2.44. The monoisotopic (exact) mass is 1870 g/mol. The number of aryl methyl sites for hydroxylation is 5. The molecule has 5 aliphatic rings. The van der Waals surface area contributed by atoms with E-state index in [0.29, 0.717) is 155 Å². The zero-order chi connectivity index (χ0) is 97.0. The van der Waals surface area contributed by atoms with E-state index in [4.69, 9.17) is 42.6 Å². The van der Waals surface area contributed by atoms with Crippen LogP contribution in [0.4, 0.5) is 24.0 Å². The molecule has 5 aromatic carbocycles. The topological polar surface area (TPSA) is 279 Å². The molecule has 0 atom stereocenters. The number of benzene rings is 5. The van der Waals surface area contributed by atoms with E-state index in [1.54, 1.807) is 6.92 Å². The van der Waals surface area contributed by atoms with Crippen LogP contribution in [-0.2, 0) is 107 Å². The molecule has 0 aliphatic heterocycles. The summed E-state index contributed by atoms with van der Waals surface area (Å²) in [6, 6.07) is 42.1. The first-order chi connectivity index (χ1) is 64.8. The van der Waals surface area contributed by atoms with Crippen LogP contribution in [-0.4, -0.2) is 120 Å². The molecule has 0 bridgehead atoms. The Morgan fingerprint density at radius 3 is 0.634 bits per heavy atom. The van der Waals surface area contributed by atoms with Crippen molar-refractivity contribution in [3.63, 3.8) is 0 Å². The van der Waals surface area contributed by atoms with Crippen molar-refractivity contribution in [2.45, 2.75) is 474 Å². The fourth-order valence-corrected chi connectivity index (χ4v) is 18.7. The molecule has 5 aromatic rings. The van der Waals surface area contributed by atoms with Gasteiger partial charge >= 0.3 is 30.8 Å². The number of carbonyl (C=O) groups is 5. The molecule has 0 heterocycles. The molecular formula is C114H178O20. The van der Waals surface area contributed by atoms with Crippen LogP contribution in [0.25, 0.3) is 0 Å². The van der Waals surface area contributed by atoms with Gasteiger partial charge in [0.05, 0.1) is 61.5 Å². The Morgan fingerprint density at radius 2 is 0.418 bits per heavy atom. The van der Waals surface area contributed by atoms with Crippen molar-refractivity contribution >= 4 is 30.8 Å². The third-order valence-electron chi connectivity index (χ3n) is 27.7. The lowest BCUT2D eigenvalue weighted by Gasteiger charge is -2.36. The summed E-state index contributed by atoms with van der Waals surface area (Å²) in [5.74, 6) is 0. The summed E-state index contributed by atoms with van der Waals surface area (Å²) in [6.45, 7) is 20.7. The predicted octanol–water partition coefficient (Wildman–Crippen LogP) is 29.1. The summed E-state index contributed by atoms with van der Waals surface area (Å²) < 4.78 is 51.3. The normalized spacial score (nSPS) is 22.5. The lowest BCUT2D eigenvalue weighted by molar-refractivity contribution is -0.0538. The second-order valence-corrected chi connectivity index (χ2v) is 38.7. The largest absolute Gasteiger partial charge is 0.508 e. The molecule has 5 N–H and O–H groups in total. The first-order valence-electron chi connectivity index (χ1n) is 53.0. The average molecular weight is 1870 g/mol. The standard InChI is InChI=1S/C28H46O4.C23H36O4.C22H34O4.C21H32O4.C20H30O4/c1-3-5-7-9-11-13-23-31-27(29)32-26-19-21-28(30,22-20-26)25-17-15-24(16-18-25)14-12-10-8-6-4-2;1-3-5-7-8-9-19-10-12-20(13-11-19)23(25)16-14-21(15-17-23)27-22(24)26-18-6-4-2;1-3-5-6-7-8-18-9-11-19(12-10-18)22(24)15-13-20(14-16-22)26-21(23)25-17-4-2;1-3-5-6-7-8-17-9-11-18(12-10-17)21(23)15-13-19(14-16-21)25-20(22)24-4-2;1-3-4-5-6-7-16-8-10-17(11-9-16)20(22)14-12-18(13-15-20)24-19(21)23-2/h15-18,26,30H,3-14,19-23H2,1-2H3;10-13,21,25H,3-9,14-18H2,1-2H3;9-12,20,24H,3-8,13-17H2,1-2H3;9-12,19,23H,3-8,13-16H2,1-2H3;8-11,18,22H,3-7,12-15H2,1-2H3. The first-order valence-corrected chi connectivity index (χ1v) is 53.0. The lowest BCUT2D eigenvalue weighted by atomic mass is 9.78. The maximum absolute atomic E-state index is 12.0. The number of carbonyl (C=O) groups excluding carboxylic acids is 5. The van der Waals surface area contributed by atoms with Crippen LogP contribution in [0, 0.1) is 0 Å². The molecule has 0 unspecified atom stereocenters. The van der Waals surface area contributed by atoms with Crippen molar-refractivity contribution in [1.82, 2.24) is 0 Å². The van der Waals surface area contributed by atoms with Crippen LogP contribution in [0.15, 0.2) is 121 Å². The molecule has 20 heteroatoms. The molecule has 0 amide bonds. The van der Waals surface area contributed by atoms with Crippen molar-refractivity contribution in [1.29, 1.82) is 0 Å². The van der Waals surface area contributed by atoms with Gasteiger partial charge in [-0.2, -0.15) is 0 Å². The van der Waals surface area contributed by atoms with Gasteiger partial charge < -0.3 is 72.9 Å². The third-order valence-corrected chi connectivity index (χ3v) is 27.7. The highest BCUT2D eigenvalue weighted by Gasteiger charge is 2.42. The van der Waals surface area contributed by atoms with Crippen LogP contribution in [0.5, 0.6) is 0 Å². The van der Waals surface area contributed by atoms with Crippen LogP contribution in [0.2, 0.25) is 0 Å². The Kier molecular flexibility index (Phi) is 56.6. The fourth-order valence-electron chi connectivity index (χ4n) is 18.7. The van der Waals surface area contributed by atoms with E-state index in [2.05, 4.69) is 175 Å². The van der Waals surface area contributed by atoms with Gasteiger partial charge in [-0.15, -0.1) is 0 Å². The molecule has 134 heavy (non-hydrogen) atoms. The molecular weight excluding hydrogens is 1690 g/mol. The molecule has 0 saturated heterocycles. The second kappa shape index (κ2) is 65.9. The van der Waals surface area contributed by atoms with Gasteiger partial charge in [-0.25, -0.2) is 24.0 Å². The Labute approximate surface area is 807 Å². The summed E-state index contributed by atoms with van der Waals surface area (Å²) in [5, 5.41) is 55.1. The Hall–Kier alpha value is -7.75. The molecule has 5 aliphatic carbocycles. The summed E-state index contributed by atoms with van der Waals surface area (Å²) in [7, 11) is 1.31. The first kappa shape index (κ1) is 115. The molecule has 0 radical (unpaired) electrons. The zero-order valence-corrected chi connectivity index (χ0v) is 84.5. The van der Waals surface area contributed by atoms with Crippen molar-refractivity contribution < 1.29 is 96.9 Å². The maximum atomic E-state index is 12.0. The fraction of sp³-hybridized carbons (Fsp3) is 0.693.